The highest BCUT2D eigenvalue weighted by Gasteiger charge is 2.47. The fourth-order valence-corrected chi connectivity index (χ4v) is 9.65. The molecule has 0 radical (unpaired) electrons. The van der Waals surface area contributed by atoms with E-state index in [1.54, 1.807) is 7.11 Å². The van der Waals surface area contributed by atoms with Crippen molar-refractivity contribution in [3.8, 4) is 17.3 Å². The summed E-state index contributed by atoms with van der Waals surface area (Å²) >= 11 is 0. The van der Waals surface area contributed by atoms with E-state index in [9.17, 15) is 13.2 Å². The number of benzene rings is 2. The highest BCUT2D eigenvalue weighted by molar-refractivity contribution is 7.91. The van der Waals surface area contributed by atoms with E-state index in [0.29, 0.717) is 55.0 Å². The second kappa shape index (κ2) is 10.6. The largest absolute Gasteiger partial charge is 0.494 e. The first-order valence-electron chi connectivity index (χ1n) is 16.2. The van der Waals surface area contributed by atoms with Crippen LogP contribution in [0.3, 0.4) is 0 Å². The number of hydrogen-bond acceptors (Lipinski definition) is 6. The molecule has 8 rings (SSSR count). The Morgan fingerprint density at radius 2 is 1.80 bits per heavy atom. The second-order valence-electron chi connectivity index (χ2n) is 13.6. The molecule has 9 nitrogen and oxygen atoms in total. The Morgan fingerprint density at radius 1 is 1.00 bits per heavy atom. The Hall–Kier alpha value is -3.37. The molecule has 2 aliphatic heterocycles. The van der Waals surface area contributed by atoms with Crippen molar-refractivity contribution >= 4 is 37.7 Å². The highest BCUT2D eigenvalue weighted by atomic mass is 32.2. The Labute approximate surface area is 258 Å². The number of methoxy groups -OCH3 is 1. The van der Waals surface area contributed by atoms with Crippen molar-refractivity contribution in [2.45, 2.75) is 70.1 Å². The van der Waals surface area contributed by atoms with Gasteiger partial charge < -0.3 is 24.5 Å². The summed E-state index contributed by atoms with van der Waals surface area (Å²) in [5, 5.41) is 1.18. The van der Waals surface area contributed by atoms with Crippen LogP contribution >= 0.6 is 0 Å². The lowest BCUT2D eigenvalue weighted by atomic mass is 9.99. The summed E-state index contributed by atoms with van der Waals surface area (Å²) < 4.78 is 34.9. The maximum absolute atomic E-state index is 13.9. The van der Waals surface area contributed by atoms with E-state index >= 15 is 0 Å². The van der Waals surface area contributed by atoms with Crippen LogP contribution in [0, 0.1) is 17.8 Å². The van der Waals surface area contributed by atoms with Gasteiger partial charge in [0, 0.05) is 48.2 Å². The van der Waals surface area contributed by atoms with Crippen molar-refractivity contribution < 1.29 is 17.9 Å². The molecule has 4 aliphatic rings. The SMILES string of the molecule is COc1cc(C(=O)N2C[C@H]3CC[C@@H]2[C@@H]3N)cc2nc(-c3cc4ccccc4n3CC3CC3)n(CCC3CCS(=O)(=O)CC3)c12. The summed E-state index contributed by atoms with van der Waals surface area (Å²) in [6, 6.07) is 14.7. The number of para-hydroxylation sites is 1. The van der Waals surface area contributed by atoms with Gasteiger partial charge in [0.25, 0.3) is 5.91 Å². The number of sulfone groups is 1. The summed E-state index contributed by atoms with van der Waals surface area (Å²) in [5.74, 6) is 3.41. The van der Waals surface area contributed by atoms with Crippen molar-refractivity contribution in [3.63, 3.8) is 0 Å². The minimum atomic E-state index is -2.92. The van der Waals surface area contributed by atoms with E-state index in [1.165, 1.54) is 23.7 Å². The van der Waals surface area contributed by atoms with E-state index < -0.39 is 9.84 Å². The predicted molar refractivity (Wildman–Crippen MR) is 171 cm³/mol. The third-order valence-corrected chi connectivity index (χ3v) is 12.5. The van der Waals surface area contributed by atoms with Gasteiger partial charge in [-0.25, -0.2) is 13.4 Å². The monoisotopic (exact) mass is 615 g/mol. The van der Waals surface area contributed by atoms with Crippen molar-refractivity contribution in [2.75, 3.05) is 25.2 Å². The minimum Gasteiger partial charge on any atom is -0.494 e. The third kappa shape index (κ3) is 4.81. The number of aromatic nitrogens is 3. The number of piperidine rings is 1. The number of carbonyl (C=O) groups excluding carboxylic acids is 1. The lowest BCUT2D eigenvalue weighted by Gasteiger charge is -2.27. The maximum atomic E-state index is 13.9. The average Bonchev–Trinajstić information content (AvgIpc) is 3.37. The highest BCUT2D eigenvalue weighted by Crippen LogP contribution is 2.41. The summed E-state index contributed by atoms with van der Waals surface area (Å²) in [6.45, 7) is 2.35. The van der Waals surface area contributed by atoms with Crippen LogP contribution in [0.15, 0.2) is 42.5 Å². The normalized spacial score (nSPS) is 25.0. The van der Waals surface area contributed by atoms with Gasteiger partial charge in [-0.3, -0.25) is 4.79 Å². The van der Waals surface area contributed by atoms with E-state index in [0.717, 1.165) is 48.4 Å². The minimum absolute atomic E-state index is 0.00443. The number of nitrogens with zero attached hydrogens (tertiary/aromatic N) is 4. The molecule has 10 heteroatoms. The second-order valence-corrected chi connectivity index (χ2v) is 15.9. The quantitative estimate of drug-likeness (QED) is 0.303. The Bertz CT molecular complexity index is 1860. The average molecular weight is 616 g/mol. The third-order valence-electron chi connectivity index (χ3n) is 10.8. The first kappa shape index (κ1) is 28.1. The van der Waals surface area contributed by atoms with Gasteiger partial charge in [-0.05, 0) is 87.0 Å². The van der Waals surface area contributed by atoms with Crippen molar-refractivity contribution in [1.82, 2.24) is 19.0 Å². The summed E-state index contributed by atoms with van der Waals surface area (Å²) in [5.41, 5.74) is 10.9. The van der Waals surface area contributed by atoms with Crippen LogP contribution in [-0.2, 0) is 22.9 Å². The number of amides is 1. The summed E-state index contributed by atoms with van der Waals surface area (Å²) in [6.07, 6.45) is 6.79. The van der Waals surface area contributed by atoms with Gasteiger partial charge >= 0.3 is 0 Å². The zero-order chi connectivity index (χ0) is 30.2. The zero-order valence-corrected chi connectivity index (χ0v) is 26.1. The lowest BCUT2D eigenvalue weighted by molar-refractivity contribution is 0.0700. The standard InChI is InChI=1S/C34H41N5O4S/c1-43-30-18-25(34(40)39-20-24-8-9-28(39)31(24)35)16-26-32(30)37(13-10-21-11-14-44(41,42)15-12-21)33(36-26)29-17-23-4-2-3-5-27(23)38(29)19-22-6-7-22/h2-5,16-18,21-22,24,28,31H,6-15,19-20,35H2,1H3/t24-,28-,31-/m1/s1. The van der Waals surface area contributed by atoms with Gasteiger partial charge in [-0.15, -0.1) is 0 Å². The molecule has 1 amide bonds. The number of fused-ring (bicyclic) bond motifs is 4. The molecule has 44 heavy (non-hydrogen) atoms. The van der Waals surface area contributed by atoms with Crippen LogP contribution in [0.2, 0.25) is 0 Å². The fourth-order valence-electron chi connectivity index (χ4n) is 8.06. The molecule has 4 aromatic rings. The van der Waals surface area contributed by atoms with E-state index in [2.05, 4.69) is 39.5 Å². The van der Waals surface area contributed by atoms with Gasteiger partial charge in [-0.2, -0.15) is 0 Å². The zero-order valence-electron chi connectivity index (χ0n) is 25.3. The molecular formula is C34H41N5O4S. The molecule has 0 spiro atoms. The molecule has 2 saturated carbocycles. The van der Waals surface area contributed by atoms with Crippen LogP contribution in [0.25, 0.3) is 33.5 Å². The Morgan fingerprint density at radius 3 is 2.50 bits per heavy atom. The number of rotatable bonds is 8. The number of aryl methyl sites for hydroxylation is 1. The first-order chi connectivity index (χ1) is 21.3. The van der Waals surface area contributed by atoms with Crippen LogP contribution in [-0.4, -0.2) is 70.6 Å². The van der Waals surface area contributed by atoms with Gasteiger partial charge in [0.05, 0.1) is 29.8 Å². The molecule has 2 N–H and O–H groups in total. The van der Waals surface area contributed by atoms with E-state index in [-0.39, 0.29) is 29.5 Å². The van der Waals surface area contributed by atoms with Crippen LogP contribution in [0.5, 0.6) is 5.75 Å². The number of carbonyl (C=O) groups is 1. The van der Waals surface area contributed by atoms with Gasteiger partial charge in [0.1, 0.15) is 21.1 Å². The number of nitrogens with two attached hydrogens (primary N) is 1. The van der Waals surface area contributed by atoms with Gasteiger partial charge in [0.2, 0.25) is 0 Å². The van der Waals surface area contributed by atoms with Crippen LogP contribution < -0.4 is 10.5 Å². The fraction of sp³-hybridized carbons (Fsp3) is 0.529. The van der Waals surface area contributed by atoms with E-state index in [1.807, 2.05) is 17.0 Å². The molecule has 0 unspecified atom stereocenters. The first-order valence-corrected chi connectivity index (χ1v) is 18.1. The molecule has 2 saturated heterocycles. The Kier molecular flexibility index (Phi) is 6.79. The number of hydrogen-bond donors (Lipinski definition) is 1. The molecule has 2 bridgehead atoms. The molecule has 4 heterocycles. The predicted octanol–water partition coefficient (Wildman–Crippen LogP) is 4.85. The van der Waals surface area contributed by atoms with Crippen molar-refractivity contribution in [1.29, 1.82) is 0 Å². The van der Waals surface area contributed by atoms with E-state index in [4.69, 9.17) is 15.5 Å². The summed E-state index contributed by atoms with van der Waals surface area (Å²) in [4.78, 5) is 21.1. The van der Waals surface area contributed by atoms with Crippen molar-refractivity contribution in [2.24, 2.45) is 23.5 Å². The van der Waals surface area contributed by atoms with Gasteiger partial charge in [0.15, 0.2) is 5.82 Å². The lowest BCUT2D eigenvalue weighted by Crippen LogP contribution is -2.41. The Balaban J connectivity index is 1.24. The molecule has 3 atom stereocenters. The topological polar surface area (TPSA) is 112 Å². The molecule has 4 fully saturated rings. The smallest absolute Gasteiger partial charge is 0.254 e. The summed E-state index contributed by atoms with van der Waals surface area (Å²) in [7, 11) is -1.27. The molecule has 2 aromatic heterocycles. The number of ether oxygens (including phenoxy) is 1. The van der Waals surface area contributed by atoms with Crippen molar-refractivity contribution in [3.05, 3.63) is 48.0 Å². The maximum Gasteiger partial charge on any atom is 0.254 e. The molecule has 2 aromatic carbocycles. The molecular weight excluding hydrogens is 574 g/mol. The van der Waals surface area contributed by atoms with Crippen LogP contribution in [0.4, 0.5) is 0 Å². The molecule has 2 aliphatic carbocycles. The van der Waals surface area contributed by atoms with Gasteiger partial charge in [-0.1, -0.05) is 18.2 Å². The molecule has 232 valence electrons. The van der Waals surface area contributed by atoms with Crippen LogP contribution in [0.1, 0.15) is 55.3 Å². The number of imidazole rings is 1. The number of likely N-dealkylation sites (tertiary alicyclic amines) is 1.